The van der Waals surface area contributed by atoms with Crippen LogP contribution >= 0.6 is 0 Å². The highest BCUT2D eigenvalue weighted by Gasteiger charge is 2.17. The van der Waals surface area contributed by atoms with Crippen LogP contribution in [0.5, 0.6) is 0 Å². The van der Waals surface area contributed by atoms with E-state index in [1.807, 2.05) is 24.3 Å². The molecule has 1 saturated heterocycles. The Bertz CT molecular complexity index is 935. The molecule has 2 aromatic carbocycles. The van der Waals surface area contributed by atoms with Gasteiger partial charge in [-0.05, 0) is 42.3 Å². The van der Waals surface area contributed by atoms with E-state index in [0.717, 1.165) is 48.7 Å². The number of aromatic nitrogens is 2. The third-order valence-electron chi connectivity index (χ3n) is 5.14. The van der Waals surface area contributed by atoms with Gasteiger partial charge in [-0.25, -0.2) is 9.97 Å². The van der Waals surface area contributed by atoms with Crippen molar-refractivity contribution in [2.45, 2.75) is 19.9 Å². The zero-order valence-electron chi connectivity index (χ0n) is 16.4. The maximum atomic E-state index is 6.33. The minimum absolute atomic E-state index is 0.200. The molecule has 3 N–H and O–H groups in total. The summed E-state index contributed by atoms with van der Waals surface area (Å²) in [5.41, 5.74) is 9.43. The van der Waals surface area contributed by atoms with E-state index in [1.54, 1.807) is 0 Å². The van der Waals surface area contributed by atoms with Crippen molar-refractivity contribution in [1.82, 2.24) is 9.97 Å². The van der Waals surface area contributed by atoms with Crippen molar-refractivity contribution in [2.75, 3.05) is 36.5 Å². The minimum atomic E-state index is -0.200. The Balaban J connectivity index is 1.63. The number of anilines is 3. The van der Waals surface area contributed by atoms with E-state index in [0.29, 0.717) is 5.82 Å². The number of ether oxygens (including phenoxy) is 1. The van der Waals surface area contributed by atoms with Crippen molar-refractivity contribution in [3.8, 4) is 0 Å². The number of hydrogen-bond acceptors (Lipinski definition) is 6. The van der Waals surface area contributed by atoms with Crippen LogP contribution in [0.4, 0.5) is 17.2 Å². The molecule has 4 rings (SSSR count). The summed E-state index contributed by atoms with van der Waals surface area (Å²) in [7, 11) is 0. The minimum Gasteiger partial charge on any atom is -0.378 e. The molecule has 0 spiro atoms. The average Bonchev–Trinajstić information content (AvgIpc) is 2.74. The largest absolute Gasteiger partial charge is 0.378 e. The van der Waals surface area contributed by atoms with Gasteiger partial charge < -0.3 is 20.7 Å². The molecule has 28 heavy (non-hydrogen) atoms. The van der Waals surface area contributed by atoms with Gasteiger partial charge in [0.1, 0.15) is 11.6 Å². The molecule has 6 heteroatoms. The van der Waals surface area contributed by atoms with E-state index in [4.69, 9.17) is 15.5 Å². The first-order valence-electron chi connectivity index (χ1n) is 9.84. The van der Waals surface area contributed by atoms with Gasteiger partial charge in [0.2, 0.25) is 0 Å². The summed E-state index contributed by atoms with van der Waals surface area (Å²) in [5, 5.41) is 4.45. The van der Waals surface area contributed by atoms with Gasteiger partial charge in [-0.15, -0.1) is 0 Å². The average molecular weight is 377 g/mol. The van der Waals surface area contributed by atoms with Crippen LogP contribution in [0.3, 0.4) is 0 Å². The summed E-state index contributed by atoms with van der Waals surface area (Å²) in [4.78, 5) is 11.8. The fourth-order valence-electron chi connectivity index (χ4n) is 3.35. The molecule has 1 atom stereocenters. The number of rotatable bonds is 5. The second kappa shape index (κ2) is 8.12. The molecular formula is C22H27N5O. The highest BCUT2D eigenvalue weighted by Crippen LogP contribution is 2.28. The number of morpholine rings is 1. The Morgan fingerprint density at radius 1 is 1.00 bits per heavy atom. The van der Waals surface area contributed by atoms with Crippen LogP contribution in [-0.4, -0.2) is 36.3 Å². The molecule has 3 aromatic rings. The van der Waals surface area contributed by atoms with Crippen molar-refractivity contribution in [3.63, 3.8) is 0 Å². The number of hydrogen-bond donors (Lipinski definition) is 2. The molecule has 6 nitrogen and oxygen atoms in total. The predicted molar refractivity (Wildman–Crippen MR) is 114 cm³/mol. The van der Waals surface area contributed by atoms with Crippen LogP contribution in [0.2, 0.25) is 0 Å². The standard InChI is InChI=1S/C22H27N5O/c1-15(2)20(23)22-25-19-6-4-3-5-18(19)21(26-22)24-16-7-9-17(10-8-16)27-11-13-28-14-12-27/h3-10,15,20H,11-14,23H2,1-2H3,(H,24,25,26)/t20-/m0/s1. The van der Waals surface area contributed by atoms with Gasteiger partial charge in [-0.2, -0.15) is 0 Å². The zero-order valence-corrected chi connectivity index (χ0v) is 16.4. The lowest BCUT2D eigenvalue weighted by molar-refractivity contribution is 0.122. The summed E-state index contributed by atoms with van der Waals surface area (Å²) in [6.07, 6.45) is 0. The number of nitrogens with zero attached hydrogens (tertiary/aromatic N) is 3. The third-order valence-corrected chi connectivity index (χ3v) is 5.14. The summed E-state index contributed by atoms with van der Waals surface area (Å²) in [6.45, 7) is 7.60. The Kier molecular flexibility index (Phi) is 5.41. The van der Waals surface area contributed by atoms with Crippen molar-refractivity contribution in [1.29, 1.82) is 0 Å². The molecule has 2 heterocycles. The first kappa shape index (κ1) is 18.7. The second-order valence-corrected chi connectivity index (χ2v) is 7.49. The number of fused-ring (bicyclic) bond motifs is 1. The smallest absolute Gasteiger partial charge is 0.148 e. The number of nitrogens with one attached hydrogen (secondary N) is 1. The lowest BCUT2D eigenvalue weighted by Crippen LogP contribution is -2.36. The number of benzene rings is 2. The van der Waals surface area contributed by atoms with Crippen LogP contribution in [0.1, 0.15) is 25.7 Å². The summed E-state index contributed by atoms with van der Waals surface area (Å²) in [6, 6.07) is 16.3. The van der Waals surface area contributed by atoms with E-state index in [1.165, 1.54) is 5.69 Å². The topological polar surface area (TPSA) is 76.3 Å². The molecular weight excluding hydrogens is 350 g/mol. The highest BCUT2D eigenvalue weighted by molar-refractivity contribution is 5.90. The molecule has 146 valence electrons. The predicted octanol–water partition coefficient (Wildman–Crippen LogP) is 3.87. The molecule has 0 aliphatic carbocycles. The molecule has 0 bridgehead atoms. The molecule has 0 saturated carbocycles. The van der Waals surface area contributed by atoms with E-state index in [-0.39, 0.29) is 12.0 Å². The van der Waals surface area contributed by atoms with E-state index in [9.17, 15) is 0 Å². The van der Waals surface area contributed by atoms with Crippen molar-refractivity contribution >= 4 is 28.1 Å². The lowest BCUT2D eigenvalue weighted by atomic mass is 10.0. The molecule has 1 aliphatic rings. The number of para-hydroxylation sites is 1. The van der Waals surface area contributed by atoms with Crippen molar-refractivity contribution in [3.05, 3.63) is 54.4 Å². The van der Waals surface area contributed by atoms with Crippen LogP contribution in [-0.2, 0) is 4.74 Å². The van der Waals surface area contributed by atoms with Gasteiger partial charge in [0.05, 0.1) is 24.8 Å². The highest BCUT2D eigenvalue weighted by atomic mass is 16.5. The van der Waals surface area contributed by atoms with Gasteiger partial charge in [0.25, 0.3) is 0 Å². The van der Waals surface area contributed by atoms with Crippen LogP contribution < -0.4 is 16.0 Å². The molecule has 1 aliphatic heterocycles. The van der Waals surface area contributed by atoms with Gasteiger partial charge in [0.15, 0.2) is 0 Å². The van der Waals surface area contributed by atoms with Gasteiger partial charge in [0, 0.05) is 29.9 Å². The zero-order chi connectivity index (χ0) is 19.5. The Hall–Kier alpha value is -2.70. The SMILES string of the molecule is CC(C)[C@H](N)c1nc(Nc2ccc(N3CCOCC3)cc2)c2ccccc2n1. The molecule has 1 fully saturated rings. The molecule has 1 aromatic heterocycles. The summed E-state index contributed by atoms with van der Waals surface area (Å²) in [5.74, 6) is 1.72. The van der Waals surface area contributed by atoms with Crippen molar-refractivity contribution in [2.24, 2.45) is 11.7 Å². The maximum Gasteiger partial charge on any atom is 0.148 e. The fraction of sp³-hybridized carbons (Fsp3) is 0.364. The van der Waals surface area contributed by atoms with Crippen LogP contribution in [0.15, 0.2) is 48.5 Å². The summed E-state index contributed by atoms with van der Waals surface area (Å²) < 4.78 is 5.43. The first-order chi connectivity index (χ1) is 13.6. The van der Waals surface area contributed by atoms with Crippen LogP contribution in [0.25, 0.3) is 10.9 Å². The van der Waals surface area contributed by atoms with Gasteiger partial charge in [-0.3, -0.25) is 0 Å². The van der Waals surface area contributed by atoms with Gasteiger partial charge >= 0.3 is 0 Å². The quantitative estimate of drug-likeness (QED) is 0.703. The first-order valence-corrected chi connectivity index (χ1v) is 9.84. The molecule has 0 unspecified atom stereocenters. The molecule has 0 radical (unpaired) electrons. The Morgan fingerprint density at radius 3 is 2.43 bits per heavy atom. The van der Waals surface area contributed by atoms with Crippen LogP contribution in [0, 0.1) is 5.92 Å². The number of nitrogens with two attached hydrogens (primary N) is 1. The fourth-order valence-corrected chi connectivity index (χ4v) is 3.35. The Morgan fingerprint density at radius 2 is 1.71 bits per heavy atom. The maximum absolute atomic E-state index is 6.33. The van der Waals surface area contributed by atoms with Crippen molar-refractivity contribution < 1.29 is 4.74 Å². The second-order valence-electron chi connectivity index (χ2n) is 7.49. The van der Waals surface area contributed by atoms with E-state index < -0.39 is 0 Å². The normalized spacial score (nSPS) is 15.8. The van der Waals surface area contributed by atoms with Gasteiger partial charge in [-0.1, -0.05) is 26.0 Å². The van der Waals surface area contributed by atoms with E-state index in [2.05, 4.69) is 53.3 Å². The lowest BCUT2D eigenvalue weighted by Gasteiger charge is -2.29. The van der Waals surface area contributed by atoms with E-state index >= 15 is 0 Å². The third kappa shape index (κ3) is 3.93. The summed E-state index contributed by atoms with van der Waals surface area (Å²) >= 11 is 0. The molecule has 0 amide bonds. The Labute approximate surface area is 165 Å². The monoisotopic (exact) mass is 377 g/mol.